The molecule has 0 radical (unpaired) electrons. The molecule has 0 spiro atoms. The summed E-state index contributed by atoms with van der Waals surface area (Å²) in [6, 6.07) is 0. The lowest BCUT2D eigenvalue weighted by Gasteiger charge is -2.26. The van der Waals surface area contributed by atoms with E-state index in [9.17, 15) is 14.4 Å². The zero-order chi connectivity index (χ0) is 9.14. The third-order valence-corrected chi connectivity index (χ3v) is 2.10. The van der Waals surface area contributed by atoms with Crippen LogP contribution in [0.25, 0.3) is 0 Å². The van der Waals surface area contributed by atoms with Gasteiger partial charge >= 0.3 is 0 Å². The molecule has 0 aromatic heterocycles. The zero-order valence-electron chi connectivity index (χ0n) is 6.95. The van der Waals surface area contributed by atoms with Gasteiger partial charge in [-0.1, -0.05) is 0 Å². The summed E-state index contributed by atoms with van der Waals surface area (Å²) in [7, 11) is 1.47. The predicted molar refractivity (Wildman–Crippen MR) is 43.8 cm³/mol. The number of nitrogens with zero attached hydrogens (tertiary/aromatic N) is 1. The maximum Gasteiger partial charge on any atom is 0.231 e. The second kappa shape index (κ2) is 3.52. The van der Waals surface area contributed by atoms with Crippen LogP contribution in [-0.2, 0) is 14.4 Å². The Balaban J connectivity index is 2.59. The molecule has 0 unspecified atom stereocenters. The van der Waals surface area contributed by atoms with E-state index in [1.165, 1.54) is 7.98 Å². The second-order valence-electron chi connectivity index (χ2n) is 3.02. The Morgan fingerprint density at radius 2 is 1.92 bits per heavy atom. The molecular weight excluding hydrogens is 157 g/mol. The molecule has 0 N–H and O–H groups in total. The lowest BCUT2D eigenvalue weighted by Crippen LogP contribution is -2.41. The van der Waals surface area contributed by atoms with Gasteiger partial charge < -0.3 is 9.61 Å². The van der Waals surface area contributed by atoms with Crippen molar-refractivity contribution in [2.24, 2.45) is 5.92 Å². The number of rotatable bonds is 2. The minimum absolute atomic E-state index is 0.0706. The first-order chi connectivity index (χ1) is 5.65. The van der Waals surface area contributed by atoms with Gasteiger partial charge in [-0.15, -0.1) is 0 Å². The number of aldehydes is 1. The fourth-order valence-electron chi connectivity index (χ4n) is 1.28. The highest BCUT2D eigenvalue weighted by atomic mass is 16.2. The first-order valence-corrected chi connectivity index (χ1v) is 3.88. The Hall–Kier alpha value is -1.13. The number of carbonyl (C=O) groups excluding carboxylic acids is 3. The average molecular weight is 167 g/mol. The number of hydrogen-bond acceptors (Lipinski definition) is 3. The van der Waals surface area contributed by atoms with Crippen molar-refractivity contribution < 1.29 is 14.4 Å². The molecule has 0 atom stereocenters. The van der Waals surface area contributed by atoms with Crippen LogP contribution in [0.5, 0.6) is 0 Å². The summed E-state index contributed by atoms with van der Waals surface area (Å²) < 4.78 is 0. The molecule has 2 amide bonds. The minimum Gasteiger partial charge on any atom is -0.337 e. The molecule has 1 aliphatic rings. The highest BCUT2D eigenvalue weighted by molar-refractivity contribution is 6.25. The highest BCUT2D eigenvalue weighted by Gasteiger charge is 2.28. The normalized spacial score (nSPS) is 19.8. The van der Waals surface area contributed by atoms with Gasteiger partial charge in [-0.05, 0) is 5.92 Å². The van der Waals surface area contributed by atoms with Crippen LogP contribution < -0.4 is 0 Å². The largest absolute Gasteiger partial charge is 0.337 e. The van der Waals surface area contributed by atoms with Crippen LogP contribution in [-0.4, -0.2) is 30.9 Å². The molecule has 4 nitrogen and oxygen atoms in total. The van der Waals surface area contributed by atoms with Crippen molar-refractivity contribution in [1.29, 1.82) is 0 Å². The van der Waals surface area contributed by atoms with Crippen LogP contribution in [0.4, 0.5) is 0 Å². The van der Waals surface area contributed by atoms with Crippen molar-refractivity contribution in [1.82, 2.24) is 4.81 Å². The van der Waals surface area contributed by atoms with E-state index in [1.807, 2.05) is 0 Å². The Morgan fingerprint density at radius 3 is 2.33 bits per heavy atom. The summed E-state index contributed by atoms with van der Waals surface area (Å²) in [5, 5.41) is 0. The van der Waals surface area contributed by atoms with Crippen LogP contribution in [0.15, 0.2) is 0 Å². The fourth-order valence-corrected chi connectivity index (χ4v) is 1.28. The van der Waals surface area contributed by atoms with Crippen LogP contribution in [0, 0.1) is 5.92 Å². The van der Waals surface area contributed by atoms with Gasteiger partial charge in [-0.3, -0.25) is 9.59 Å². The molecule has 0 aromatic carbocycles. The molecule has 64 valence electrons. The van der Waals surface area contributed by atoms with Crippen molar-refractivity contribution in [3.05, 3.63) is 0 Å². The zero-order valence-corrected chi connectivity index (χ0v) is 6.95. The number of hydrogen-bond donors (Lipinski definition) is 0. The van der Waals surface area contributed by atoms with Gasteiger partial charge in [0.15, 0.2) is 0 Å². The molecule has 1 saturated heterocycles. The SMILES string of the molecule is BN1C(=O)CC(CC=O)CC1=O. The van der Waals surface area contributed by atoms with Crippen molar-refractivity contribution in [2.75, 3.05) is 0 Å². The van der Waals surface area contributed by atoms with E-state index in [-0.39, 0.29) is 17.7 Å². The Labute approximate surface area is 71.3 Å². The van der Waals surface area contributed by atoms with Crippen molar-refractivity contribution in [3.63, 3.8) is 0 Å². The summed E-state index contributed by atoms with van der Waals surface area (Å²) in [4.78, 5) is 33.4. The Morgan fingerprint density at radius 1 is 1.42 bits per heavy atom. The van der Waals surface area contributed by atoms with Gasteiger partial charge in [0.2, 0.25) is 19.8 Å². The fraction of sp³-hybridized carbons (Fsp3) is 0.571. The molecule has 0 aromatic rings. The maximum atomic E-state index is 11.1. The van der Waals surface area contributed by atoms with Crippen LogP contribution in [0.1, 0.15) is 19.3 Å². The van der Waals surface area contributed by atoms with Gasteiger partial charge in [0.25, 0.3) is 0 Å². The molecule has 0 saturated carbocycles. The molecule has 12 heavy (non-hydrogen) atoms. The van der Waals surface area contributed by atoms with Gasteiger partial charge in [-0.25, -0.2) is 0 Å². The summed E-state index contributed by atoms with van der Waals surface area (Å²) in [5.41, 5.74) is 0. The number of imide groups is 1. The quantitative estimate of drug-likeness (QED) is 0.297. The molecule has 5 heteroatoms. The first-order valence-electron chi connectivity index (χ1n) is 3.88. The van der Waals surface area contributed by atoms with E-state index >= 15 is 0 Å². The summed E-state index contributed by atoms with van der Waals surface area (Å²) in [6.07, 6.45) is 1.71. The number of amides is 2. The van der Waals surface area contributed by atoms with E-state index < -0.39 is 0 Å². The Bertz CT molecular complexity index is 211. The van der Waals surface area contributed by atoms with E-state index in [1.54, 1.807) is 0 Å². The number of piperidine rings is 1. The standard InChI is InChI=1S/C7H10BNO3/c8-9-6(11)3-5(1-2-10)4-7(9)12/h2,5H,1,3-4,8H2. The average Bonchev–Trinajstić information content (AvgIpc) is 2.01. The minimum atomic E-state index is -0.182. The monoisotopic (exact) mass is 167 g/mol. The molecule has 1 fully saturated rings. The first kappa shape index (κ1) is 8.97. The summed E-state index contributed by atoms with van der Waals surface area (Å²) >= 11 is 0. The smallest absolute Gasteiger partial charge is 0.231 e. The van der Waals surface area contributed by atoms with Gasteiger partial charge in [0, 0.05) is 19.3 Å². The number of carbonyl (C=O) groups is 3. The van der Waals surface area contributed by atoms with Gasteiger partial charge in [-0.2, -0.15) is 0 Å². The van der Waals surface area contributed by atoms with E-state index in [4.69, 9.17) is 0 Å². The van der Waals surface area contributed by atoms with Crippen molar-refractivity contribution in [2.45, 2.75) is 19.3 Å². The molecular formula is C7H10BNO3. The lowest BCUT2D eigenvalue weighted by molar-refractivity contribution is -0.143. The van der Waals surface area contributed by atoms with Crippen molar-refractivity contribution in [3.8, 4) is 0 Å². The lowest BCUT2D eigenvalue weighted by atomic mass is 9.91. The Kier molecular flexibility index (Phi) is 2.63. The van der Waals surface area contributed by atoms with Gasteiger partial charge in [0.05, 0.1) is 0 Å². The third kappa shape index (κ3) is 1.72. The maximum absolute atomic E-state index is 11.1. The molecule has 0 bridgehead atoms. The second-order valence-corrected chi connectivity index (χ2v) is 3.02. The van der Waals surface area contributed by atoms with Crippen LogP contribution >= 0.6 is 0 Å². The summed E-state index contributed by atoms with van der Waals surface area (Å²) in [6.45, 7) is 0. The molecule has 1 heterocycles. The van der Waals surface area contributed by atoms with Crippen LogP contribution in [0.2, 0.25) is 0 Å². The molecule has 1 rings (SSSR count). The summed E-state index contributed by atoms with van der Waals surface area (Å²) in [5.74, 6) is -0.435. The topological polar surface area (TPSA) is 54.5 Å². The molecule has 0 aliphatic carbocycles. The van der Waals surface area contributed by atoms with E-state index in [0.29, 0.717) is 19.3 Å². The van der Waals surface area contributed by atoms with Crippen molar-refractivity contribution >= 4 is 26.1 Å². The van der Waals surface area contributed by atoms with E-state index in [0.717, 1.165) is 11.1 Å². The predicted octanol–water partition coefficient (Wildman–Crippen LogP) is -1.11. The third-order valence-electron chi connectivity index (χ3n) is 2.10. The van der Waals surface area contributed by atoms with E-state index in [2.05, 4.69) is 0 Å². The van der Waals surface area contributed by atoms with Gasteiger partial charge in [0.1, 0.15) is 6.29 Å². The highest BCUT2D eigenvalue weighted by Crippen LogP contribution is 2.19. The van der Waals surface area contributed by atoms with Crippen LogP contribution in [0.3, 0.4) is 0 Å². The molecule has 1 aliphatic heterocycles.